The summed E-state index contributed by atoms with van der Waals surface area (Å²) < 4.78 is 0. The van der Waals surface area contributed by atoms with Crippen molar-refractivity contribution in [3.8, 4) is 33.4 Å². The molecule has 2 aliphatic rings. The van der Waals surface area contributed by atoms with E-state index >= 15 is 0 Å². The summed E-state index contributed by atoms with van der Waals surface area (Å²) in [7, 11) is 0. The molecule has 0 radical (unpaired) electrons. The zero-order chi connectivity index (χ0) is 28.1. The zero-order valence-corrected chi connectivity index (χ0v) is 25.6. The summed E-state index contributed by atoms with van der Waals surface area (Å²) in [5, 5.41) is 0. The SMILES string of the molecule is CCCCCC1(CCCCC)c2cc(C)ccc2-c2ccc(-c3ccc4c(c3)C(C)(C)c3cc(C)ccc3-4)cc21. The Hall–Kier alpha value is -3.12. The minimum Gasteiger partial charge on any atom is -0.0654 e. The Morgan fingerprint density at radius 2 is 0.875 bits per heavy atom. The molecule has 0 N–H and O–H groups in total. The fraction of sp³-hybridized carbons (Fsp3) is 0.400. The highest BCUT2D eigenvalue weighted by Crippen LogP contribution is 2.56. The molecule has 2 aliphatic carbocycles. The van der Waals surface area contributed by atoms with Crippen LogP contribution in [-0.4, -0.2) is 0 Å². The van der Waals surface area contributed by atoms with Gasteiger partial charge >= 0.3 is 0 Å². The first-order chi connectivity index (χ1) is 19.3. The quantitative estimate of drug-likeness (QED) is 0.190. The summed E-state index contributed by atoms with van der Waals surface area (Å²) in [6, 6.07) is 28.9. The van der Waals surface area contributed by atoms with Crippen LogP contribution in [0.2, 0.25) is 0 Å². The van der Waals surface area contributed by atoms with E-state index in [0.717, 1.165) is 0 Å². The Bertz CT molecular complexity index is 1550. The Morgan fingerprint density at radius 1 is 0.475 bits per heavy atom. The van der Waals surface area contributed by atoms with Gasteiger partial charge in [0.15, 0.2) is 0 Å². The van der Waals surface area contributed by atoms with Crippen LogP contribution in [0.5, 0.6) is 0 Å². The molecule has 40 heavy (non-hydrogen) atoms. The van der Waals surface area contributed by atoms with E-state index in [1.165, 1.54) is 107 Å². The first-order valence-corrected chi connectivity index (χ1v) is 15.8. The van der Waals surface area contributed by atoms with Gasteiger partial charge in [0.25, 0.3) is 0 Å². The molecule has 6 rings (SSSR count). The minimum atomic E-state index is 0.0151. The second kappa shape index (κ2) is 10.4. The molecule has 4 aromatic carbocycles. The van der Waals surface area contributed by atoms with Crippen LogP contribution in [0.4, 0.5) is 0 Å². The molecule has 0 saturated carbocycles. The summed E-state index contributed by atoms with van der Waals surface area (Å²) in [6.45, 7) is 13.9. The lowest BCUT2D eigenvalue weighted by molar-refractivity contribution is 0.405. The lowest BCUT2D eigenvalue weighted by Crippen LogP contribution is -2.25. The Kier molecular flexibility index (Phi) is 7.02. The Labute approximate surface area is 242 Å². The molecular formula is C40H46. The number of fused-ring (bicyclic) bond motifs is 6. The lowest BCUT2D eigenvalue weighted by Gasteiger charge is -2.33. The van der Waals surface area contributed by atoms with Gasteiger partial charge in [-0.1, -0.05) is 138 Å². The van der Waals surface area contributed by atoms with Crippen molar-refractivity contribution in [3.63, 3.8) is 0 Å². The number of rotatable bonds is 9. The normalized spacial score (nSPS) is 15.4. The maximum absolute atomic E-state index is 2.59. The molecule has 0 saturated heterocycles. The van der Waals surface area contributed by atoms with E-state index in [2.05, 4.69) is 114 Å². The summed E-state index contributed by atoms with van der Waals surface area (Å²) in [5.41, 5.74) is 17.4. The van der Waals surface area contributed by atoms with E-state index in [4.69, 9.17) is 0 Å². The third kappa shape index (κ3) is 4.27. The van der Waals surface area contributed by atoms with Crippen molar-refractivity contribution < 1.29 is 0 Å². The highest BCUT2D eigenvalue weighted by Gasteiger charge is 2.42. The molecule has 4 aromatic rings. The Balaban J connectivity index is 1.48. The fourth-order valence-electron chi connectivity index (χ4n) is 7.84. The second-order valence-corrected chi connectivity index (χ2v) is 13.2. The largest absolute Gasteiger partial charge is 0.0654 e. The van der Waals surface area contributed by atoms with E-state index in [1.54, 1.807) is 11.1 Å². The van der Waals surface area contributed by atoms with Gasteiger partial charge in [-0.15, -0.1) is 0 Å². The first kappa shape index (κ1) is 27.1. The molecule has 0 heterocycles. The molecule has 0 spiro atoms. The molecule has 0 atom stereocenters. The number of hydrogen-bond donors (Lipinski definition) is 0. The van der Waals surface area contributed by atoms with Crippen molar-refractivity contribution in [1.29, 1.82) is 0 Å². The Morgan fingerprint density at radius 3 is 1.40 bits per heavy atom. The topological polar surface area (TPSA) is 0 Å². The third-order valence-electron chi connectivity index (χ3n) is 10.1. The average molecular weight is 527 g/mol. The molecular weight excluding hydrogens is 480 g/mol. The number of aryl methyl sites for hydroxylation is 2. The molecule has 0 heteroatoms. The van der Waals surface area contributed by atoms with Crippen LogP contribution in [0.1, 0.15) is 112 Å². The van der Waals surface area contributed by atoms with Gasteiger partial charge in [-0.05, 0) is 94.5 Å². The van der Waals surface area contributed by atoms with E-state index in [-0.39, 0.29) is 10.8 Å². The van der Waals surface area contributed by atoms with Crippen molar-refractivity contribution in [1.82, 2.24) is 0 Å². The van der Waals surface area contributed by atoms with Crippen molar-refractivity contribution in [2.75, 3.05) is 0 Å². The number of benzene rings is 4. The summed E-state index contributed by atoms with van der Waals surface area (Å²) in [5.74, 6) is 0. The predicted molar refractivity (Wildman–Crippen MR) is 173 cm³/mol. The minimum absolute atomic E-state index is 0.0151. The smallest absolute Gasteiger partial charge is 0.0215 e. The van der Waals surface area contributed by atoms with Crippen LogP contribution in [-0.2, 0) is 10.8 Å². The lowest BCUT2D eigenvalue weighted by atomic mass is 9.70. The van der Waals surface area contributed by atoms with Gasteiger partial charge in [0.1, 0.15) is 0 Å². The molecule has 0 amide bonds. The molecule has 0 unspecified atom stereocenters. The highest BCUT2D eigenvalue weighted by molar-refractivity contribution is 5.87. The van der Waals surface area contributed by atoms with Gasteiger partial charge in [-0.25, -0.2) is 0 Å². The van der Waals surface area contributed by atoms with E-state index in [0.29, 0.717) is 0 Å². The number of unbranched alkanes of at least 4 members (excludes halogenated alkanes) is 4. The van der Waals surface area contributed by atoms with Crippen LogP contribution in [0.25, 0.3) is 33.4 Å². The zero-order valence-electron chi connectivity index (χ0n) is 25.6. The summed E-state index contributed by atoms with van der Waals surface area (Å²) >= 11 is 0. The molecule has 0 bridgehead atoms. The molecule has 0 fully saturated rings. The highest BCUT2D eigenvalue weighted by atomic mass is 14.5. The monoisotopic (exact) mass is 526 g/mol. The van der Waals surface area contributed by atoms with Crippen LogP contribution in [0, 0.1) is 13.8 Å². The van der Waals surface area contributed by atoms with Gasteiger partial charge in [0.2, 0.25) is 0 Å². The molecule has 0 nitrogen and oxygen atoms in total. The van der Waals surface area contributed by atoms with Gasteiger partial charge < -0.3 is 0 Å². The van der Waals surface area contributed by atoms with Crippen molar-refractivity contribution in [3.05, 3.63) is 106 Å². The van der Waals surface area contributed by atoms with Crippen LogP contribution in [0.3, 0.4) is 0 Å². The van der Waals surface area contributed by atoms with Gasteiger partial charge in [0, 0.05) is 10.8 Å². The van der Waals surface area contributed by atoms with Crippen molar-refractivity contribution >= 4 is 0 Å². The van der Waals surface area contributed by atoms with Crippen LogP contribution in [0.15, 0.2) is 72.8 Å². The second-order valence-electron chi connectivity index (χ2n) is 13.2. The van der Waals surface area contributed by atoms with Crippen LogP contribution < -0.4 is 0 Å². The van der Waals surface area contributed by atoms with Gasteiger partial charge in [-0.3, -0.25) is 0 Å². The molecule has 206 valence electrons. The molecule has 0 aliphatic heterocycles. The number of hydrogen-bond acceptors (Lipinski definition) is 0. The molecule has 0 aromatic heterocycles. The summed E-state index contributed by atoms with van der Waals surface area (Å²) in [6.07, 6.45) is 10.3. The average Bonchev–Trinajstić information content (AvgIpc) is 3.33. The summed E-state index contributed by atoms with van der Waals surface area (Å²) in [4.78, 5) is 0. The van der Waals surface area contributed by atoms with E-state index in [9.17, 15) is 0 Å². The van der Waals surface area contributed by atoms with Crippen molar-refractivity contribution in [2.45, 2.75) is 104 Å². The third-order valence-corrected chi connectivity index (χ3v) is 10.1. The predicted octanol–water partition coefficient (Wildman–Crippen LogP) is 11.7. The van der Waals surface area contributed by atoms with Crippen LogP contribution >= 0.6 is 0 Å². The first-order valence-electron chi connectivity index (χ1n) is 15.8. The fourth-order valence-corrected chi connectivity index (χ4v) is 7.84. The standard InChI is InChI=1S/C40H46/c1-7-9-11-21-40(22-12-10-8-2)37-24-28(4)14-18-33(37)34-20-16-30(26-38(34)40)29-15-19-32-31-17-13-27(3)23-35(31)39(5,6)36(32)25-29/h13-20,23-26H,7-12,21-22H2,1-6H3. The van der Waals surface area contributed by atoms with E-state index in [1.807, 2.05) is 0 Å². The van der Waals surface area contributed by atoms with Crippen molar-refractivity contribution in [2.24, 2.45) is 0 Å². The maximum atomic E-state index is 2.59. The van der Waals surface area contributed by atoms with E-state index < -0.39 is 0 Å². The van der Waals surface area contributed by atoms with Gasteiger partial charge in [0.05, 0.1) is 0 Å². The maximum Gasteiger partial charge on any atom is 0.0215 e. The van der Waals surface area contributed by atoms with Gasteiger partial charge in [-0.2, -0.15) is 0 Å².